The van der Waals surface area contributed by atoms with Crippen molar-refractivity contribution in [3.8, 4) is 0 Å². The van der Waals surface area contributed by atoms with E-state index in [2.05, 4.69) is 53.5 Å². The lowest BCUT2D eigenvalue weighted by Gasteiger charge is -2.37. The zero-order valence-electron chi connectivity index (χ0n) is 22.4. The molecule has 0 aliphatic carbocycles. The molecule has 2 heterocycles. The second-order valence-electron chi connectivity index (χ2n) is 10.5. The fourth-order valence-electron chi connectivity index (χ4n) is 5.20. The van der Waals surface area contributed by atoms with Gasteiger partial charge in [-0.25, -0.2) is 0 Å². The lowest BCUT2D eigenvalue weighted by Crippen LogP contribution is -2.41. The molecule has 2 aromatic carbocycles. The van der Waals surface area contributed by atoms with Crippen LogP contribution in [0.25, 0.3) is 0 Å². The summed E-state index contributed by atoms with van der Waals surface area (Å²) < 4.78 is 6.03. The topological polar surface area (TPSA) is 99.1 Å². The summed E-state index contributed by atoms with van der Waals surface area (Å²) in [5.41, 5.74) is 5.39. The number of Topliss-reactive ketones (excluding diaryl/α,β-unsaturated/α-hetero) is 1. The van der Waals surface area contributed by atoms with Crippen LogP contribution < -0.4 is 5.32 Å². The van der Waals surface area contributed by atoms with Gasteiger partial charge in [0, 0.05) is 38.9 Å². The third-order valence-electron chi connectivity index (χ3n) is 7.51. The number of rotatable bonds is 11. The van der Waals surface area contributed by atoms with E-state index in [1.165, 1.54) is 34.0 Å². The molecule has 0 saturated carbocycles. The fraction of sp³-hybridized carbons (Fsp3) is 0.533. The molecular weight excluding hydrogens is 500 g/mol. The van der Waals surface area contributed by atoms with Gasteiger partial charge in [-0.3, -0.25) is 14.5 Å². The van der Waals surface area contributed by atoms with E-state index in [4.69, 9.17) is 4.74 Å². The fourth-order valence-corrected chi connectivity index (χ4v) is 5.86. The highest BCUT2D eigenvalue weighted by molar-refractivity contribution is 7.99. The molecule has 206 valence electrons. The minimum atomic E-state index is -0.735. The highest BCUT2D eigenvalue weighted by atomic mass is 32.2. The average Bonchev–Trinajstić information content (AvgIpc) is 3.31. The summed E-state index contributed by atoms with van der Waals surface area (Å²) in [6.45, 7) is 4.73. The number of amides is 1. The van der Waals surface area contributed by atoms with E-state index in [1.807, 2.05) is 12.3 Å². The molecule has 2 fully saturated rings. The van der Waals surface area contributed by atoms with Gasteiger partial charge in [-0.05, 0) is 60.3 Å². The summed E-state index contributed by atoms with van der Waals surface area (Å²) in [6, 6.07) is 14.8. The maximum Gasteiger partial charge on any atom is 0.220 e. The molecule has 0 unspecified atom stereocenters. The number of thioether (sulfide) groups is 1. The number of carbonyl (C=O) groups is 2. The van der Waals surface area contributed by atoms with Crippen LogP contribution in [-0.4, -0.2) is 76.9 Å². The van der Waals surface area contributed by atoms with E-state index in [0.717, 1.165) is 37.9 Å². The number of carbonyl (C=O) groups excluding carboxylic acids is 2. The summed E-state index contributed by atoms with van der Waals surface area (Å²) in [5, 5.41) is 23.7. The van der Waals surface area contributed by atoms with Crippen LogP contribution in [0.4, 0.5) is 0 Å². The Hall–Kier alpha value is -2.23. The zero-order valence-corrected chi connectivity index (χ0v) is 23.2. The molecule has 0 bridgehead atoms. The number of ketones is 1. The Kier molecular flexibility index (Phi) is 10.4. The minimum absolute atomic E-state index is 0.0629. The average molecular weight is 541 g/mol. The largest absolute Gasteiger partial charge is 0.390 e. The number of nitrogens with one attached hydrogen (secondary N) is 1. The van der Waals surface area contributed by atoms with Gasteiger partial charge in [0.15, 0.2) is 0 Å². The van der Waals surface area contributed by atoms with Crippen LogP contribution in [-0.2, 0) is 27.2 Å². The van der Waals surface area contributed by atoms with Crippen LogP contribution in [0, 0.1) is 6.92 Å². The molecule has 38 heavy (non-hydrogen) atoms. The van der Waals surface area contributed by atoms with Crippen molar-refractivity contribution < 1.29 is 24.5 Å². The van der Waals surface area contributed by atoms with E-state index in [0.29, 0.717) is 32.4 Å². The molecule has 2 saturated heterocycles. The van der Waals surface area contributed by atoms with Gasteiger partial charge in [-0.15, -0.1) is 11.8 Å². The van der Waals surface area contributed by atoms with Crippen LogP contribution in [0.2, 0.25) is 0 Å². The van der Waals surface area contributed by atoms with Crippen molar-refractivity contribution in [3.63, 3.8) is 0 Å². The lowest BCUT2D eigenvalue weighted by atomic mass is 9.92. The van der Waals surface area contributed by atoms with Crippen LogP contribution in [0.15, 0.2) is 42.5 Å². The third kappa shape index (κ3) is 7.90. The van der Waals surface area contributed by atoms with Crippen molar-refractivity contribution in [2.45, 2.75) is 69.2 Å². The van der Waals surface area contributed by atoms with E-state index in [-0.39, 0.29) is 17.1 Å². The Morgan fingerprint density at radius 3 is 2.61 bits per heavy atom. The minimum Gasteiger partial charge on any atom is -0.390 e. The molecule has 0 aromatic heterocycles. The predicted octanol–water partition coefficient (Wildman–Crippen LogP) is 3.17. The highest BCUT2D eigenvalue weighted by Crippen LogP contribution is 2.36. The normalized spacial score (nSPS) is 24.1. The summed E-state index contributed by atoms with van der Waals surface area (Å²) in [4.78, 5) is 25.5. The lowest BCUT2D eigenvalue weighted by molar-refractivity contribution is -0.139. The molecule has 3 N–H and O–H groups in total. The number of aliphatic hydroxyl groups is 2. The molecule has 8 heteroatoms. The molecular formula is C30H40N2O5S. The first-order valence-corrected chi connectivity index (χ1v) is 14.8. The first-order valence-electron chi connectivity index (χ1n) is 13.5. The van der Waals surface area contributed by atoms with Crippen LogP contribution >= 0.6 is 11.8 Å². The van der Waals surface area contributed by atoms with E-state index >= 15 is 0 Å². The maximum atomic E-state index is 12.1. The first kappa shape index (κ1) is 28.8. The summed E-state index contributed by atoms with van der Waals surface area (Å²) in [5.74, 6) is 0.346. The molecule has 4 atom stereocenters. The van der Waals surface area contributed by atoms with Crippen molar-refractivity contribution in [3.05, 3.63) is 70.3 Å². The Bertz CT molecular complexity index is 1090. The number of benzene rings is 2. The standard InChI is InChI=1S/C30H40N2O5S/c1-20-6-11-23(29-26(34)18-27(35)30(37-29)38-2)17-24(20)16-22-9-7-21(8-10-22)4-3-5-28(36)31-13-15-32-14-12-25(33)19-32/h6-11,17,26-27,29-30,34-35H,3-5,12-16,18-19H2,1-2H3,(H,31,36)/t26-,27+,29+,30-/m1/s1. The number of likely N-dealkylation sites (tertiary alicyclic amines) is 1. The Morgan fingerprint density at radius 2 is 1.89 bits per heavy atom. The van der Waals surface area contributed by atoms with Crippen molar-refractivity contribution in [1.29, 1.82) is 0 Å². The highest BCUT2D eigenvalue weighted by Gasteiger charge is 2.36. The molecule has 2 aromatic rings. The SMILES string of the molecule is CS[C@H]1O[C@@H](c2ccc(C)c(Cc3ccc(CCCC(=O)NCCN4CCC(=O)C4)cc3)c2)[C@H](O)C[C@@H]1O. The first-order chi connectivity index (χ1) is 18.3. The number of hydrogen-bond acceptors (Lipinski definition) is 7. The molecule has 1 amide bonds. The number of nitrogens with zero attached hydrogens (tertiary/aromatic N) is 1. The monoisotopic (exact) mass is 540 g/mol. The van der Waals surface area contributed by atoms with Gasteiger partial charge in [-0.1, -0.05) is 42.5 Å². The summed E-state index contributed by atoms with van der Waals surface area (Å²) in [7, 11) is 0. The summed E-state index contributed by atoms with van der Waals surface area (Å²) >= 11 is 1.46. The molecule has 0 radical (unpaired) electrons. The van der Waals surface area contributed by atoms with Crippen molar-refractivity contribution in [1.82, 2.24) is 10.2 Å². The van der Waals surface area contributed by atoms with Crippen molar-refractivity contribution in [2.75, 3.05) is 32.4 Å². The van der Waals surface area contributed by atoms with Gasteiger partial charge in [-0.2, -0.15) is 0 Å². The van der Waals surface area contributed by atoms with E-state index < -0.39 is 18.3 Å². The number of aliphatic hydroxyl groups excluding tert-OH is 2. The van der Waals surface area contributed by atoms with Gasteiger partial charge in [0.2, 0.25) is 5.91 Å². The van der Waals surface area contributed by atoms with Crippen molar-refractivity contribution in [2.24, 2.45) is 0 Å². The van der Waals surface area contributed by atoms with Crippen molar-refractivity contribution >= 4 is 23.5 Å². The number of aryl methyl sites for hydroxylation is 2. The Balaban J connectivity index is 1.24. The molecule has 4 rings (SSSR count). The van der Waals surface area contributed by atoms with Crippen LogP contribution in [0.3, 0.4) is 0 Å². The molecule has 7 nitrogen and oxygen atoms in total. The zero-order chi connectivity index (χ0) is 27.1. The van der Waals surface area contributed by atoms with E-state index in [1.54, 1.807) is 0 Å². The molecule has 2 aliphatic rings. The van der Waals surface area contributed by atoms with Gasteiger partial charge < -0.3 is 20.3 Å². The molecule has 2 aliphatic heterocycles. The second kappa shape index (κ2) is 13.7. The summed E-state index contributed by atoms with van der Waals surface area (Å²) in [6.07, 6.45) is 3.92. The van der Waals surface area contributed by atoms with Crippen LogP contribution in [0.5, 0.6) is 0 Å². The second-order valence-corrected chi connectivity index (χ2v) is 11.4. The number of ether oxygens (including phenoxy) is 1. The van der Waals surface area contributed by atoms with Gasteiger partial charge in [0.1, 0.15) is 17.3 Å². The van der Waals surface area contributed by atoms with E-state index in [9.17, 15) is 19.8 Å². The van der Waals surface area contributed by atoms with Gasteiger partial charge in [0.05, 0.1) is 18.8 Å². The van der Waals surface area contributed by atoms with Crippen LogP contribution in [0.1, 0.15) is 59.6 Å². The number of hydrogen-bond donors (Lipinski definition) is 3. The maximum absolute atomic E-state index is 12.1. The quantitative estimate of drug-likeness (QED) is 0.403. The Labute approximate surface area is 230 Å². The smallest absolute Gasteiger partial charge is 0.220 e. The van der Waals surface area contributed by atoms with Gasteiger partial charge >= 0.3 is 0 Å². The third-order valence-corrected chi connectivity index (χ3v) is 8.40. The Morgan fingerprint density at radius 1 is 1.13 bits per heavy atom. The molecule has 0 spiro atoms. The van der Waals surface area contributed by atoms with Gasteiger partial charge in [0.25, 0.3) is 0 Å². The predicted molar refractivity (Wildman–Crippen MR) is 150 cm³/mol.